The van der Waals surface area contributed by atoms with Crippen molar-refractivity contribution in [3.63, 3.8) is 0 Å². The van der Waals surface area contributed by atoms with E-state index in [2.05, 4.69) is 47.7 Å². The van der Waals surface area contributed by atoms with E-state index in [-0.39, 0.29) is 12.1 Å². The first-order valence-corrected chi connectivity index (χ1v) is 14.5. The highest BCUT2D eigenvalue weighted by Gasteiger charge is 2.42. The Bertz CT molecular complexity index is 1740. The molecule has 212 valence electrons. The van der Waals surface area contributed by atoms with Gasteiger partial charge in [-0.05, 0) is 123 Å². The van der Waals surface area contributed by atoms with Gasteiger partial charge in [-0.2, -0.15) is 0 Å². The lowest BCUT2D eigenvalue weighted by atomic mass is 9.96. The fourth-order valence-corrected chi connectivity index (χ4v) is 6.22. The molecule has 2 atom stereocenters. The third-order valence-electron chi connectivity index (χ3n) is 7.78. The average Bonchev–Trinajstić information content (AvgIpc) is 3.50. The maximum Gasteiger partial charge on any atom is 0.174 e. The molecule has 1 fully saturated rings. The van der Waals surface area contributed by atoms with Gasteiger partial charge in [0.2, 0.25) is 0 Å². The van der Waals surface area contributed by atoms with Crippen LogP contribution < -0.4 is 19.7 Å². The molecule has 0 amide bonds. The number of aryl methyl sites for hydroxylation is 1. The van der Waals surface area contributed by atoms with Crippen molar-refractivity contribution >= 4 is 34.6 Å². The molecule has 2 aromatic heterocycles. The number of rotatable bonds is 7. The minimum Gasteiger partial charge on any atom is -0.497 e. The third-order valence-corrected chi connectivity index (χ3v) is 8.50. The maximum absolute atomic E-state index is 6.53. The van der Waals surface area contributed by atoms with Crippen LogP contribution in [0.2, 0.25) is 5.02 Å². The minimum absolute atomic E-state index is 0.139. The molecule has 1 aliphatic heterocycles. The Labute approximate surface area is 256 Å². The van der Waals surface area contributed by atoms with Gasteiger partial charge < -0.3 is 24.3 Å². The van der Waals surface area contributed by atoms with E-state index >= 15 is 0 Å². The van der Waals surface area contributed by atoms with Crippen LogP contribution in [0.15, 0.2) is 97.2 Å². The second-order valence-corrected chi connectivity index (χ2v) is 11.1. The molecule has 6 nitrogen and oxygen atoms in total. The summed E-state index contributed by atoms with van der Waals surface area (Å²) in [5.74, 6) is 2.25. The van der Waals surface area contributed by atoms with Gasteiger partial charge in [0.1, 0.15) is 17.2 Å². The molecule has 0 spiro atoms. The van der Waals surface area contributed by atoms with Crippen LogP contribution in [0.4, 0.5) is 5.69 Å². The number of thiocarbonyl (C=S) groups is 1. The number of halogens is 1. The first-order chi connectivity index (χ1) is 20.4. The van der Waals surface area contributed by atoms with Crippen molar-refractivity contribution in [2.45, 2.75) is 32.9 Å². The highest BCUT2D eigenvalue weighted by atomic mass is 35.5. The molecular formula is C34H31ClN4O2S. The zero-order chi connectivity index (χ0) is 29.4. The molecule has 3 aromatic carbocycles. The standard InChI is InChI=1S/C34H31ClN4O2S/c1-21-20-28(23(3)38(21)31-10-7-8-29(35)22(31)2)33-32(30-9-5-6-19-36-30)37-34(42)39(33)24-11-13-26(14-12-24)41-27-17-15-25(40-4)16-18-27/h5-20,32-33H,1-4H3,(H,37,42)/t32-,33-/m1/s1. The Morgan fingerprint density at radius 3 is 2.21 bits per heavy atom. The van der Waals surface area contributed by atoms with E-state index in [4.69, 9.17) is 38.3 Å². The quantitative estimate of drug-likeness (QED) is 0.191. The molecule has 5 aromatic rings. The van der Waals surface area contributed by atoms with Crippen molar-refractivity contribution in [1.82, 2.24) is 14.9 Å². The van der Waals surface area contributed by atoms with Crippen molar-refractivity contribution in [3.05, 3.63) is 130 Å². The highest BCUT2D eigenvalue weighted by Crippen LogP contribution is 2.44. The molecule has 1 aliphatic rings. The molecule has 0 unspecified atom stereocenters. The number of benzene rings is 3. The van der Waals surface area contributed by atoms with Gasteiger partial charge in [0, 0.05) is 34.0 Å². The molecule has 42 heavy (non-hydrogen) atoms. The number of nitrogens with one attached hydrogen (secondary N) is 1. The number of nitrogens with zero attached hydrogens (tertiary/aromatic N) is 3. The van der Waals surface area contributed by atoms with Crippen molar-refractivity contribution < 1.29 is 9.47 Å². The zero-order valence-electron chi connectivity index (χ0n) is 23.8. The lowest BCUT2D eigenvalue weighted by Crippen LogP contribution is -2.29. The average molecular weight is 595 g/mol. The second kappa shape index (κ2) is 11.5. The number of anilines is 1. The van der Waals surface area contributed by atoms with Gasteiger partial charge in [0.15, 0.2) is 5.11 Å². The van der Waals surface area contributed by atoms with Crippen LogP contribution >= 0.6 is 23.8 Å². The Morgan fingerprint density at radius 1 is 0.857 bits per heavy atom. The van der Waals surface area contributed by atoms with Gasteiger partial charge in [0.05, 0.1) is 24.9 Å². The fourth-order valence-electron chi connectivity index (χ4n) is 5.70. The number of aromatic nitrogens is 2. The highest BCUT2D eigenvalue weighted by molar-refractivity contribution is 7.80. The van der Waals surface area contributed by atoms with Crippen LogP contribution in [-0.4, -0.2) is 21.8 Å². The van der Waals surface area contributed by atoms with Gasteiger partial charge in [-0.3, -0.25) is 4.98 Å². The van der Waals surface area contributed by atoms with Crippen LogP contribution in [0.25, 0.3) is 5.69 Å². The molecule has 0 aliphatic carbocycles. The number of ether oxygens (including phenoxy) is 2. The molecule has 8 heteroatoms. The van der Waals surface area contributed by atoms with Crippen LogP contribution in [-0.2, 0) is 0 Å². The summed E-state index contributed by atoms with van der Waals surface area (Å²) >= 11 is 12.5. The van der Waals surface area contributed by atoms with E-state index in [1.165, 1.54) is 0 Å². The summed E-state index contributed by atoms with van der Waals surface area (Å²) in [4.78, 5) is 6.90. The minimum atomic E-state index is -0.150. The van der Waals surface area contributed by atoms with Crippen LogP contribution in [0, 0.1) is 20.8 Å². The normalized spacial score (nSPS) is 16.4. The van der Waals surface area contributed by atoms with Crippen LogP contribution in [0.1, 0.15) is 40.3 Å². The van der Waals surface area contributed by atoms with Crippen LogP contribution in [0.5, 0.6) is 17.2 Å². The Morgan fingerprint density at radius 2 is 1.55 bits per heavy atom. The van der Waals surface area contributed by atoms with E-state index in [0.29, 0.717) is 5.11 Å². The molecule has 1 saturated heterocycles. The van der Waals surface area contributed by atoms with E-state index in [0.717, 1.165) is 61.9 Å². The van der Waals surface area contributed by atoms with Gasteiger partial charge in [0.25, 0.3) is 0 Å². The third kappa shape index (κ3) is 5.10. The van der Waals surface area contributed by atoms with E-state index in [1.807, 2.05) is 85.1 Å². The SMILES string of the molecule is COc1ccc(Oc2ccc(N3C(=S)N[C@H](c4ccccn4)[C@H]3c3cc(C)n(-c4cccc(Cl)c4C)c3C)cc2)cc1. The molecular weight excluding hydrogens is 564 g/mol. The predicted molar refractivity (Wildman–Crippen MR) is 172 cm³/mol. The van der Waals surface area contributed by atoms with Crippen molar-refractivity contribution in [2.24, 2.45) is 0 Å². The van der Waals surface area contributed by atoms with Crippen LogP contribution in [0.3, 0.4) is 0 Å². The number of hydrogen-bond acceptors (Lipinski definition) is 4. The summed E-state index contributed by atoms with van der Waals surface area (Å²) < 4.78 is 13.6. The van der Waals surface area contributed by atoms with Crippen molar-refractivity contribution in [3.8, 4) is 22.9 Å². The van der Waals surface area contributed by atoms with Gasteiger partial charge in [-0.15, -0.1) is 0 Å². The summed E-state index contributed by atoms with van der Waals surface area (Å²) in [7, 11) is 1.65. The number of hydrogen-bond donors (Lipinski definition) is 1. The summed E-state index contributed by atoms with van der Waals surface area (Å²) in [6.45, 7) is 6.34. The maximum atomic E-state index is 6.53. The predicted octanol–water partition coefficient (Wildman–Crippen LogP) is 8.43. The second-order valence-electron chi connectivity index (χ2n) is 10.3. The largest absolute Gasteiger partial charge is 0.497 e. The topological polar surface area (TPSA) is 51.6 Å². The van der Waals surface area contributed by atoms with Crippen molar-refractivity contribution in [1.29, 1.82) is 0 Å². The molecule has 6 rings (SSSR count). The van der Waals surface area contributed by atoms with Crippen molar-refractivity contribution in [2.75, 3.05) is 12.0 Å². The van der Waals surface area contributed by atoms with E-state index in [9.17, 15) is 0 Å². The fraction of sp³-hybridized carbons (Fsp3) is 0.176. The first kappa shape index (κ1) is 27.8. The lowest BCUT2D eigenvalue weighted by Gasteiger charge is -2.28. The Kier molecular flexibility index (Phi) is 7.62. The monoisotopic (exact) mass is 594 g/mol. The van der Waals surface area contributed by atoms with Gasteiger partial charge in [-0.25, -0.2) is 0 Å². The molecule has 1 N–H and O–H groups in total. The first-order valence-electron chi connectivity index (χ1n) is 13.7. The van der Waals surface area contributed by atoms with E-state index in [1.54, 1.807) is 7.11 Å². The lowest BCUT2D eigenvalue weighted by molar-refractivity contribution is 0.413. The smallest absolute Gasteiger partial charge is 0.174 e. The zero-order valence-corrected chi connectivity index (χ0v) is 25.4. The van der Waals surface area contributed by atoms with E-state index < -0.39 is 0 Å². The molecule has 0 bridgehead atoms. The Balaban J connectivity index is 1.40. The molecule has 0 saturated carbocycles. The molecule has 3 heterocycles. The van der Waals surface area contributed by atoms with Gasteiger partial charge in [-0.1, -0.05) is 23.7 Å². The Hall–Kier alpha value is -4.33. The summed E-state index contributed by atoms with van der Waals surface area (Å²) in [6.07, 6.45) is 1.82. The number of pyridine rings is 1. The summed E-state index contributed by atoms with van der Waals surface area (Å²) in [6, 6.07) is 29.5. The van der Waals surface area contributed by atoms with Gasteiger partial charge >= 0.3 is 0 Å². The summed E-state index contributed by atoms with van der Waals surface area (Å²) in [5, 5.41) is 4.96. The molecule has 0 radical (unpaired) electrons. The number of methoxy groups -OCH3 is 1. The summed E-state index contributed by atoms with van der Waals surface area (Å²) in [5.41, 5.74) is 7.40.